The number of esters is 1. The first-order valence-electron chi connectivity index (χ1n) is 11.4. The second-order valence-electron chi connectivity index (χ2n) is 8.19. The Morgan fingerprint density at radius 2 is 1.55 bits per heavy atom. The van der Waals surface area contributed by atoms with Crippen molar-refractivity contribution in [2.24, 2.45) is 0 Å². The van der Waals surface area contributed by atoms with Crippen LogP contribution in [0.5, 0.6) is 0 Å². The summed E-state index contributed by atoms with van der Waals surface area (Å²) in [6.45, 7) is 3.08. The number of unbranched alkanes of at least 4 members (excludes halogenated alkanes) is 1. The number of likely N-dealkylation sites (tertiary alicyclic amines) is 1. The molecule has 1 amide bonds. The number of amides is 1. The van der Waals surface area contributed by atoms with Gasteiger partial charge in [0.2, 0.25) is 5.91 Å². The Balaban J connectivity index is 1.54. The van der Waals surface area contributed by atoms with Crippen LogP contribution in [-0.4, -0.2) is 49.6 Å². The van der Waals surface area contributed by atoms with Gasteiger partial charge >= 0.3 is 5.97 Å². The van der Waals surface area contributed by atoms with Gasteiger partial charge in [0.1, 0.15) is 0 Å². The number of carbonyl (C=O) groups excluding carboxylic acids is 2. The van der Waals surface area contributed by atoms with Gasteiger partial charge in [0, 0.05) is 44.2 Å². The Kier molecular flexibility index (Phi) is 9.10. The van der Waals surface area contributed by atoms with Gasteiger partial charge in [0.05, 0.1) is 7.11 Å². The van der Waals surface area contributed by atoms with Gasteiger partial charge < -0.3 is 14.5 Å². The Morgan fingerprint density at radius 1 is 0.935 bits per heavy atom. The summed E-state index contributed by atoms with van der Waals surface area (Å²) in [4.78, 5) is 29.0. The van der Waals surface area contributed by atoms with Crippen LogP contribution in [0.4, 0.5) is 5.69 Å². The second-order valence-corrected chi connectivity index (χ2v) is 8.19. The second kappa shape index (κ2) is 12.3. The van der Waals surface area contributed by atoms with E-state index in [1.165, 1.54) is 12.7 Å². The van der Waals surface area contributed by atoms with E-state index in [4.69, 9.17) is 0 Å². The van der Waals surface area contributed by atoms with Crippen molar-refractivity contribution < 1.29 is 14.3 Å². The SMILES string of the molecule is COC(=O)CCCCC(=O)N(c1ccccc1)C1CCN(CCc2ccccc2)CC1. The molecule has 0 radical (unpaired) electrons. The van der Waals surface area contributed by atoms with Crippen molar-refractivity contribution in [1.82, 2.24) is 4.90 Å². The van der Waals surface area contributed by atoms with Gasteiger partial charge in [0.25, 0.3) is 0 Å². The molecule has 166 valence electrons. The maximum atomic E-state index is 13.1. The maximum absolute atomic E-state index is 13.1. The van der Waals surface area contributed by atoms with Crippen LogP contribution in [0.1, 0.15) is 44.1 Å². The van der Waals surface area contributed by atoms with Gasteiger partial charge in [-0.1, -0.05) is 48.5 Å². The normalized spacial score (nSPS) is 14.9. The highest BCUT2D eigenvalue weighted by atomic mass is 16.5. The van der Waals surface area contributed by atoms with Crippen molar-refractivity contribution in [2.45, 2.75) is 51.0 Å². The van der Waals surface area contributed by atoms with Crippen molar-refractivity contribution in [2.75, 3.05) is 31.6 Å². The lowest BCUT2D eigenvalue weighted by molar-refractivity contribution is -0.140. The quantitative estimate of drug-likeness (QED) is 0.419. The molecule has 0 N–H and O–H groups in total. The first-order chi connectivity index (χ1) is 15.2. The minimum absolute atomic E-state index is 0.152. The zero-order chi connectivity index (χ0) is 21.9. The summed E-state index contributed by atoms with van der Waals surface area (Å²) in [5.74, 6) is -0.0611. The predicted octanol–water partition coefficient (Wildman–Crippen LogP) is 4.46. The maximum Gasteiger partial charge on any atom is 0.305 e. The van der Waals surface area contributed by atoms with E-state index >= 15 is 0 Å². The molecule has 0 saturated carbocycles. The fourth-order valence-electron chi connectivity index (χ4n) is 4.25. The van der Waals surface area contributed by atoms with E-state index in [1.807, 2.05) is 35.2 Å². The molecule has 0 aromatic heterocycles. The molecule has 0 unspecified atom stereocenters. The third-order valence-corrected chi connectivity index (χ3v) is 6.03. The zero-order valence-electron chi connectivity index (χ0n) is 18.5. The molecule has 5 heteroatoms. The number of ether oxygens (including phenoxy) is 1. The molecule has 1 aliphatic heterocycles. The number of nitrogens with zero attached hydrogens (tertiary/aromatic N) is 2. The van der Waals surface area contributed by atoms with Crippen molar-refractivity contribution in [3.63, 3.8) is 0 Å². The molecule has 0 atom stereocenters. The monoisotopic (exact) mass is 422 g/mol. The van der Waals surface area contributed by atoms with E-state index in [0.29, 0.717) is 25.7 Å². The summed E-state index contributed by atoms with van der Waals surface area (Å²) >= 11 is 0. The molecule has 3 rings (SSSR count). The minimum atomic E-state index is -0.213. The van der Waals surface area contributed by atoms with Crippen molar-refractivity contribution in [3.8, 4) is 0 Å². The van der Waals surface area contributed by atoms with Crippen molar-refractivity contribution >= 4 is 17.6 Å². The third kappa shape index (κ3) is 7.21. The summed E-state index contributed by atoms with van der Waals surface area (Å²) in [6, 6.07) is 20.8. The Morgan fingerprint density at radius 3 is 2.19 bits per heavy atom. The molecule has 31 heavy (non-hydrogen) atoms. The van der Waals surface area contributed by atoms with Gasteiger partial charge in [-0.2, -0.15) is 0 Å². The fraction of sp³-hybridized carbons (Fsp3) is 0.462. The van der Waals surface area contributed by atoms with E-state index < -0.39 is 0 Å². The zero-order valence-corrected chi connectivity index (χ0v) is 18.5. The molecule has 5 nitrogen and oxygen atoms in total. The highest BCUT2D eigenvalue weighted by molar-refractivity contribution is 5.94. The first-order valence-corrected chi connectivity index (χ1v) is 11.4. The Hall–Kier alpha value is -2.66. The van der Waals surface area contributed by atoms with Crippen LogP contribution < -0.4 is 4.90 Å². The number of para-hydroxylation sites is 1. The molecule has 2 aromatic rings. The Labute approximate surface area is 186 Å². The summed E-state index contributed by atoms with van der Waals surface area (Å²) in [7, 11) is 1.40. The smallest absolute Gasteiger partial charge is 0.305 e. The van der Waals surface area contributed by atoms with E-state index in [9.17, 15) is 9.59 Å². The lowest BCUT2D eigenvalue weighted by Crippen LogP contribution is -2.48. The molecule has 2 aromatic carbocycles. The van der Waals surface area contributed by atoms with Gasteiger partial charge in [-0.3, -0.25) is 9.59 Å². The predicted molar refractivity (Wildman–Crippen MR) is 124 cm³/mol. The number of piperidine rings is 1. The van der Waals surface area contributed by atoms with Gasteiger partial charge in [0.15, 0.2) is 0 Å². The number of hydrogen-bond acceptors (Lipinski definition) is 4. The fourth-order valence-corrected chi connectivity index (χ4v) is 4.25. The van der Waals surface area contributed by atoms with E-state index in [0.717, 1.165) is 44.6 Å². The number of hydrogen-bond donors (Lipinski definition) is 0. The van der Waals surface area contributed by atoms with Gasteiger partial charge in [-0.15, -0.1) is 0 Å². The molecule has 0 spiro atoms. The number of methoxy groups -OCH3 is 1. The molecule has 1 aliphatic rings. The molecular formula is C26H34N2O3. The molecule has 0 aliphatic carbocycles. The highest BCUT2D eigenvalue weighted by Crippen LogP contribution is 2.25. The van der Waals surface area contributed by atoms with Crippen LogP contribution in [0.2, 0.25) is 0 Å². The van der Waals surface area contributed by atoms with E-state index in [1.54, 1.807) is 0 Å². The van der Waals surface area contributed by atoms with Crippen LogP contribution in [0.25, 0.3) is 0 Å². The number of carbonyl (C=O) groups is 2. The van der Waals surface area contributed by atoms with Gasteiger partial charge in [-0.25, -0.2) is 0 Å². The van der Waals surface area contributed by atoms with Crippen LogP contribution in [0.15, 0.2) is 60.7 Å². The molecule has 1 fully saturated rings. The average molecular weight is 423 g/mol. The largest absolute Gasteiger partial charge is 0.469 e. The lowest BCUT2D eigenvalue weighted by Gasteiger charge is -2.38. The minimum Gasteiger partial charge on any atom is -0.469 e. The summed E-state index contributed by atoms with van der Waals surface area (Å²) < 4.78 is 4.69. The Bertz CT molecular complexity index is 802. The molecule has 1 saturated heterocycles. The number of benzene rings is 2. The average Bonchev–Trinajstić information content (AvgIpc) is 2.82. The van der Waals surface area contributed by atoms with Crippen molar-refractivity contribution in [1.29, 1.82) is 0 Å². The number of anilines is 1. The first kappa shape index (κ1) is 23.0. The third-order valence-electron chi connectivity index (χ3n) is 6.03. The van der Waals surface area contributed by atoms with Crippen LogP contribution in [0.3, 0.4) is 0 Å². The van der Waals surface area contributed by atoms with Gasteiger partial charge in [-0.05, 0) is 49.8 Å². The molecule has 0 bridgehead atoms. The molecule has 1 heterocycles. The highest BCUT2D eigenvalue weighted by Gasteiger charge is 2.28. The summed E-state index contributed by atoms with van der Waals surface area (Å²) in [6.07, 6.45) is 5.24. The topological polar surface area (TPSA) is 49.9 Å². The standard InChI is InChI=1S/C26H34N2O3/c1-31-26(30)15-9-8-14-25(29)28(23-12-6-3-7-13-23)24-17-20-27(21-18-24)19-16-22-10-4-2-5-11-22/h2-7,10-13,24H,8-9,14-21H2,1H3. The summed E-state index contributed by atoms with van der Waals surface area (Å²) in [5, 5.41) is 0. The van der Waals surface area contributed by atoms with Crippen LogP contribution in [0, 0.1) is 0 Å². The van der Waals surface area contributed by atoms with Crippen LogP contribution >= 0.6 is 0 Å². The summed E-state index contributed by atoms with van der Waals surface area (Å²) in [5.41, 5.74) is 2.35. The van der Waals surface area contributed by atoms with E-state index in [-0.39, 0.29) is 17.9 Å². The lowest BCUT2D eigenvalue weighted by atomic mass is 10.0. The van der Waals surface area contributed by atoms with Crippen molar-refractivity contribution in [3.05, 3.63) is 66.2 Å². The van der Waals surface area contributed by atoms with E-state index in [2.05, 4.69) is 40.0 Å². The van der Waals surface area contributed by atoms with Crippen LogP contribution in [-0.2, 0) is 20.7 Å². The molecular weight excluding hydrogens is 388 g/mol. The number of rotatable bonds is 10.